The van der Waals surface area contributed by atoms with Crippen LogP contribution in [0.1, 0.15) is 57.8 Å². The first-order chi connectivity index (χ1) is 9.05. The number of carboxylic acid groups (broad SMARTS) is 1. The average molecular weight is 268 g/mol. The van der Waals surface area contributed by atoms with Gasteiger partial charge >= 0.3 is 5.97 Å². The zero-order valence-electron chi connectivity index (χ0n) is 11.4. The van der Waals surface area contributed by atoms with Crippen LogP contribution in [0.5, 0.6) is 0 Å². The van der Waals surface area contributed by atoms with Crippen LogP contribution in [0.25, 0.3) is 0 Å². The summed E-state index contributed by atoms with van der Waals surface area (Å²) in [7, 11) is 0. The molecule has 0 radical (unpaired) electrons. The van der Waals surface area contributed by atoms with Crippen LogP contribution in [0.4, 0.5) is 0 Å². The second-order valence-electron chi connectivity index (χ2n) is 6.09. The summed E-state index contributed by atoms with van der Waals surface area (Å²) in [6, 6.07) is 0. The molecule has 0 bridgehead atoms. The van der Waals surface area contributed by atoms with Crippen molar-refractivity contribution in [3.05, 3.63) is 0 Å². The molecule has 5 nitrogen and oxygen atoms in total. The Morgan fingerprint density at radius 2 is 1.53 bits per heavy atom. The fourth-order valence-corrected chi connectivity index (χ4v) is 3.47. The third-order valence-corrected chi connectivity index (χ3v) is 4.90. The summed E-state index contributed by atoms with van der Waals surface area (Å²) in [5, 5.41) is 12.3. The van der Waals surface area contributed by atoms with Gasteiger partial charge in [0.05, 0.1) is 5.41 Å². The summed E-state index contributed by atoms with van der Waals surface area (Å²) in [4.78, 5) is 24.1. The van der Waals surface area contributed by atoms with Crippen molar-refractivity contribution in [3.8, 4) is 0 Å². The molecular weight excluding hydrogens is 244 g/mol. The Bertz CT molecular complexity index is 356. The number of nitrogens with one attached hydrogen (secondary N) is 1. The molecule has 1 amide bonds. The van der Waals surface area contributed by atoms with E-state index in [4.69, 9.17) is 5.73 Å². The van der Waals surface area contributed by atoms with Crippen molar-refractivity contribution in [2.75, 3.05) is 6.54 Å². The lowest BCUT2D eigenvalue weighted by Crippen LogP contribution is -2.59. The highest BCUT2D eigenvalue weighted by Gasteiger charge is 2.47. The summed E-state index contributed by atoms with van der Waals surface area (Å²) in [5.74, 6) is -1.04. The molecule has 2 saturated carbocycles. The SMILES string of the molecule is NCC1(C(=O)NC2(C(=O)O)CCCCC2)CCCC1. The molecule has 4 N–H and O–H groups in total. The smallest absolute Gasteiger partial charge is 0.329 e. The molecule has 2 aliphatic rings. The van der Waals surface area contributed by atoms with Crippen LogP contribution in [-0.2, 0) is 9.59 Å². The molecule has 2 rings (SSSR count). The van der Waals surface area contributed by atoms with Gasteiger partial charge < -0.3 is 16.2 Å². The minimum absolute atomic E-state index is 0.142. The topological polar surface area (TPSA) is 92.4 Å². The monoisotopic (exact) mass is 268 g/mol. The summed E-state index contributed by atoms with van der Waals surface area (Å²) in [6.45, 7) is 0.314. The molecule has 5 heteroatoms. The number of hydrogen-bond donors (Lipinski definition) is 3. The summed E-state index contributed by atoms with van der Waals surface area (Å²) >= 11 is 0. The molecule has 0 aromatic carbocycles. The third kappa shape index (κ3) is 2.61. The van der Waals surface area contributed by atoms with Gasteiger partial charge in [0.2, 0.25) is 5.91 Å². The van der Waals surface area contributed by atoms with Crippen LogP contribution in [-0.4, -0.2) is 29.1 Å². The van der Waals surface area contributed by atoms with Gasteiger partial charge in [-0.15, -0.1) is 0 Å². The van der Waals surface area contributed by atoms with Crippen LogP contribution >= 0.6 is 0 Å². The Kier molecular flexibility index (Phi) is 4.13. The highest BCUT2D eigenvalue weighted by Crippen LogP contribution is 2.39. The Morgan fingerprint density at radius 3 is 2.00 bits per heavy atom. The van der Waals surface area contributed by atoms with Gasteiger partial charge in [-0.05, 0) is 25.7 Å². The molecule has 0 unspecified atom stereocenters. The van der Waals surface area contributed by atoms with Crippen molar-refractivity contribution in [2.45, 2.75) is 63.3 Å². The van der Waals surface area contributed by atoms with Crippen molar-refractivity contribution in [2.24, 2.45) is 11.1 Å². The van der Waals surface area contributed by atoms with Gasteiger partial charge in [0.15, 0.2) is 0 Å². The number of carbonyl (C=O) groups excluding carboxylic acids is 1. The zero-order chi connectivity index (χ0) is 13.9. The van der Waals surface area contributed by atoms with Crippen LogP contribution in [0.15, 0.2) is 0 Å². The van der Waals surface area contributed by atoms with Gasteiger partial charge in [0, 0.05) is 6.54 Å². The Hall–Kier alpha value is -1.10. The van der Waals surface area contributed by atoms with Gasteiger partial charge in [-0.3, -0.25) is 4.79 Å². The van der Waals surface area contributed by atoms with Crippen LogP contribution in [0.2, 0.25) is 0 Å². The fraction of sp³-hybridized carbons (Fsp3) is 0.857. The summed E-state index contributed by atoms with van der Waals surface area (Å²) < 4.78 is 0. The Morgan fingerprint density at radius 1 is 1.00 bits per heavy atom. The normalized spacial score (nSPS) is 24.9. The van der Waals surface area contributed by atoms with Gasteiger partial charge in [-0.2, -0.15) is 0 Å². The lowest BCUT2D eigenvalue weighted by molar-refractivity contribution is -0.151. The van der Waals surface area contributed by atoms with Crippen molar-refractivity contribution >= 4 is 11.9 Å². The third-order valence-electron chi connectivity index (χ3n) is 4.90. The lowest BCUT2D eigenvalue weighted by Gasteiger charge is -2.37. The molecule has 0 atom stereocenters. The maximum absolute atomic E-state index is 12.5. The molecular formula is C14H24N2O3. The van der Waals surface area contributed by atoms with E-state index in [2.05, 4.69) is 5.32 Å². The number of nitrogens with two attached hydrogens (primary N) is 1. The van der Waals surface area contributed by atoms with Crippen LogP contribution in [0.3, 0.4) is 0 Å². The van der Waals surface area contributed by atoms with E-state index in [9.17, 15) is 14.7 Å². The van der Waals surface area contributed by atoms with E-state index in [1.165, 1.54) is 0 Å². The number of rotatable bonds is 4. The minimum Gasteiger partial charge on any atom is -0.480 e. The molecule has 0 heterocycles. The Balaban J connectivity index is 2.12. The largest absolute Gasteiger partial charge is 0.480 e. The van der Waals surface area contributed by atoms with Gasteiger partial charge in [0.25, 0.3) is 0 Å². The maximum atomic E-state index is 12.5. The van der Waals surface area contributed by atoms with E-state index in [1.54, 1.807) is 0 Å². The number of carbonyl (C=O) groups is 2. The maximum Gasteiger partial charge on any atom is 0.329 e. The van der Waals surface area contributed by atoms with Crippen molar-refractivity contribution in [3.63, 3.8) is 0 Å². The molecule has 108 valence electrons. The first-order valence-corrected chi connectivity index (χ1v) is 7.31. The highest BCUT2D eigenvalue weighted by molar-refractivity contribution is 5.90. The van der Waals surface area contributed by atoms with E-state index in [0.29, 0.717) is 19.4 Å². The standard InChI is InChI=1S/C14H24N2O3/c15-10-13(6-4-5-7-13)11(17)16-14(12(18)19)8-2-1-3-9-14/h1-10,15H2,(H,16,17)(H,18,19). The first-order valence-electron chi connectivity index (χ1n) is 7.31. The average Bonchev–Trinajstić information content (AvgIpc) is 2.89. The van der Waals surface area contributed by atoms with Crippen molar-refractivity contribution in [1.29, 1.82) is 0 Å². The van der Waals surface area contributed by atoms with E-state index in [-0.39, 0.29) is 5.91 Å². The second kappa shape index (κ2) is 5.49. The quantitative estimate of drug-likeness (QED) is 0.718. The lowest BCUT2D eigenvalue weighted by atomic mass is 9.79. The second-order valence-corrected chi connectivity index (χ2v) is 6.09. The number of aliphatic carboxylic acids is 1. The highest BCUT2D eigenvalue weighted by atomic mass is 16.4. The molecule has 0 aromatic rings. The molecule has 0 spiro atoms. The van der Waals surface area contributed by atoms with E-state index < -0.39 is 16.9 Å². The van der Waals surface area contributed by atoms with Crippen LogP contribution in [0, 0.1) is 5.41 Å². The van der Waals surface area contributed by atoms with E-state index in [1.807, 2.05) is 0 Å². The van der Waals surface area contributed by atoms with Crippen molar-refractivity contribution < 1.29 is 14.7 Å². The van der Waals surface area contributed by atoms with Crippen LogP contribution < -0.4 is 11.1 Å². The molecule has 2 fully saturated rings. The fourth-order valence-electron chi connectivity index (χ4n) is 3.47. The van der Waals surface area contributed by atoms with Crippen molar-refractivity contribution in [1.82, 2.24) is 5.32 Å². The summed E-state index contributed by atoms with van der Waals surface area (Å²) in [6.07, 6.45) is 7.42. The van der Waals surface area contributed by atoms with Gasteiger partial charge in [0.1, 0.15) is 5.54 Å². The Labute approximate surface area is 113 Å². The predicted molar refractivity (Wildman–Crippen MR) is 71.5 cm³/mol. The minimum atomic E-state index is -1.06. The van der Waals surface area contributed by atoms with E-state index in [0.717, 1.165) is 44.9 Å². The molecule has 2 aliphatic carbocycles. The number of amides is 1. The number of hydrogen-bond acceptors (Lipinski definition) is 3. The van der Waals surface area contributed by atoms with Gasteiger partial charge in [-0.25, -0.2) is 4.79 Å². The zero-order valence-corrected chi connectivity index (χ0v) is 11.4. The summed E-state index contributed by atoms with van der Waals surface area (Å²) in [5.41, 5.74) is 4.20. The van der Waals surface area contributed by atoms with Gasteiger partial charge in [-0.1, -0.05) is 32.1 Å². The molecule has 0 aliphatic heterocycles. The molecule has 0 saturated heterocycles. The first kappa shape index (κ1) is 14.3. The van der Waals surface area contributed by atoms with E-state index >= 15 is 0 Å². The predicted octanol–water partition coefficient (Wildman–Crippen LogP) is 1.41. The number of carboxylic acids is 1. The molecule has 19 heavy (non-hydrogen) atoms. The molecule has 0 aromatic heterocycles.